The maximum Gasteiger partial charge on any atom is 0.408 e. The van der Waals surface area contributed by atoms with Crippen LogP contribution < -0.4 is 10.6 Å². The first-order chi connectivity index (χ1) is 13.9. The third kappa shape index (κ3) is 9.10. The van der Waals surface area contributed by atoms with Crippen LogP contribution in [-0.4, -0.2) is 37.2 Å². The van der Waals surface area contributed by atoms with E-state index in [2.05, 4.69) is 10.6 Å². The predicted molar refractivity (Wildman–Crippen MR) is 106 cm³/mol. The van der Waals surface area contributed by atoms with Crippen LogP contribution in [0, 0.1) is 17.2 Å². The summed E-state index contributed by atoms with van der Waals surface area (Å²) in [7, 11) is 1.25. The fraction of sp³-hybridized carbons (Fsp3) is 0.524. The summed E-state index contributed by atoms with van der Waals surface area (Å²) >= 11 is 0. The summed E-state index contributed by atoms with van der Waals surface area (Å²) in [6, 6.07) is 9.52. The van der Waals surface area contributed by atoms with Gasteiger partial charge < -0.3 is 20.1 Å². The monoisotopic (exact) mass is 403 g/mol. The molecule has 1 aromatic carbocycles. The normalized spacial score (nSPS) is 12.4. The van der Waals surface area contributed by atoms with Gasteiger partial charge in [-0.2, -0.15) is 5.26 Å². The smallest absolute Gasteiger partial charge is 0.408 e. The summed E-state index contributed by atoms with van der Waals surface area (Å²) < 4.78 is 9.92. The summed E-state index contributed by atoms with van der Waals surface area (Å²) in [5, 5.41) is 13.8. The molecule has 0 fully saturated rings. The molecule has 2 atom stereocenters. The minimum Gasteiger partial charge on any atom is -0.467 e. The number of carbonyl (C=O) groups is 3. The van der Waals surface area contributed by atoms with Gasteiger partial charge in [-0.3, -0.25) is 4.79 Å². The Kier molecular flexibility index (Phi) is 10.9. The van der Waals surface area contributed by atoms with Crippen LogP contribution in [0.25, 0.3) is 0 Å². The largest absolute Gasteiger partial charge is 0.467 e. The van der Waals surface area contributed by atoms with Gasteiger partial charge in [-0.25, -0.2) is 9.59 Å². The molecule has 158 valence electrons. The van der Waals surface area contributed by atoms with Gasteiger partial charge in [0, 0.05) is 6.42 Å². The number of hydrogen-bond acceptors (Lipinski definition) is 6. The standard InChI is InChI=1S/C21H29N3O5/c1-15(2)18(24-21(27)29-14-16-10-6-4-7-11-16)19(25)23-17(20(26)28-3)12-8-5-9-13-22/h4,6-7,10-11,15,17-18H,5,8-9,12,14H2,1-3H3,(H,23,25)(H,24,27)/t17-,18+/m0/s1. The van der Waals surface area contributed by atoms with Crippen LogP contribution in [0.4, 0.5) is 4.79 Å². The molecule has 0 saturated heterocycles. The molecule has 0 aromatic heterocycles. The second-order valence-corrected chi connectivity index (χ2v) is 6.92. The lowest BCUT2D eigenvalue weighted by Crippen LogP contribution is -2.53. The van der Waals surface area contributed by atoms with Crippen molar-refractivity contribution in [2.24, 2.45) is 5.92 Å². The van der Waals surface area contributed by atoms with Crippen LogP contribution in [0.2, 0.25) is 0 Å². The molecule has 0 spiro atoms. The number of amides is 2. The molecule has 0 aliphatic carbocycles. The Hall–Kier alpha value is -3.08. The van der Waals surface area contributed by atoms with Crippen LogP contribution >= 0.6 is 0 Å². The fourth-order valence-corrected chi connectivity index (χ4v) is 2.63. The maximum absolute atomic E-state index is 12.7. The van der Waals surface area contributed by atoms with Crippen LogP contribution in [0.3, 0.4) is 0 Å². The molecular weight excluding hydrogens is 374 g/mol. The number of carbonyl (C=O) groups excluding carboxylic acids is 3. The van der Waals surface area contributed by atoms with E-state index in [4.69, 9.17) is 14.7 Å². The van der Waals surface area contributed by atoms with Gasteiger partial charge in [-0.05, 0) is 30.7 Å². The summed E-state index contributed by atoms with van der Waals surface area (Å²) in [4.78, 5) is 36.8. The minimum absolute atomic E-state index is 0.0861. The average molecular weight is 403 g/mol. The van der Waals surface area contributed by atoms with Crippen LogP contribution in [0.15, 0.2) is 30.3 Å². The maximum atomic E-state index is 12.7. The molecule has 8 heteroatoms. The van der Waals surface area contributed by atoms with Crippen LogP contribution in [0.5, 0.6) is 0 Å². The number of alkyl carbamates (subject to hydrolysis) is 1. The number of nitrogens with zero attached hydrogens (tertiary/aromatic N) is 1. The number of nitrogens with one attached hydrogen (secondary N) is 2. The van der Waals surface area contributed by atoms with Crippen molar-refractivity contribution in [3.63, 3.8) is 0 Å². The highest BCUT2D eigenvalue weighted by Gasteiger charge is 2.29. The SMILES string of the molecule is COC(=O)[C@H](CCCCC#N)NC(=O)[C@H](NC(=O)OCc1ccccc1)C(C)C. The predicted octanol–water partition coefficient (Wildman–Crippen LogP) is 2.68. The fourth-order valence-electron chi connectivity index (χ4n) is 2.63. The molecule has 1 rings (SSSR count). The zero-order chi connectivity index (χ0) is 21.6. The Morgan fingerprint density at radius 1 is 1.10 bits per heavy atom. The summed E-state index contributed by atoms with van der Waals surface area (Å²) in [6.07, 6.45) is 1.23. The Balaban J connectivity index is 2.64. The molecule has 2 amide bonds. The highest BCUT2D eigenvalue weighted by Crippen LogP contribution is 2.09. The molecule has 8 nitrogen and oxygen atoms in total. The highest BCUT2D eigenvalue weighted by molar-refractivity contribution is 5.89. The molecule has 0 unspecified atom stereocenters. The molecular formula is C21H29N3O5. The zero-order valence-corrected chi connectivity index (χ0v) is 17.1. The molecule has 2 N–H and O–H groups in total. The van der Waals surface area contributed by atoms with E-state index in [1.165, 1.54) is 7.11 Å². The summed E-state index contributed by atoms with van der Waals surface area (Å²) in [5.41, 5.74) is 0.830. The number of rotatable bonds is 11. The first kappa shape index (κ1) is 24.0. The molecule has 0 radical (unpaired) electrons. The van der Waals surface area contributed by atoms with E-state index >= 15 is 0 Å². The van der Waals surface area contributed by atoms with Gasteiger partial charge in [0.1, 0.15) is 18.7 Å². The second-order valence-electron chi connectivity index (χ2n) is 6.92. The number of hydrogen-bond donors (Lipinski definition) is 2. The first-order valence-electron chi connectivity index (χ1n) is 9.61. The lowest BCUT2D eigenvalue weighted by molar-refractivity contribution is -0.145. The summed E-state index contributed by atoms with van der Waals surface area (Å²) in [6.45, 7) is 3.65. The molecule has 0 aliphatic rings. The van der Waals surface area contributed by atoms with Crippen molar-refractivity contribution in [3.05, 3.63) is 35.9 Å². The average Bonchev–Trinajstić information content (AvgIpc) is 2.72. The van der Waals surface area contributed by atoms with Crippen molar-refractivity contribution in [2.75, 3.05) is 7.11 Å². The van der Waals surface area contributed by atoms with Crippen molar-refractivity contribution in [3.8, 4) is 6.07 Å². The number of methoxy groups -OCH3 is 1. The quantitative estimate of drug-likeness (QED) is 0.433. The van der Waals surface area contributed by atoms with Crippen molar-refractivity contribution in [2.45, 2.75) is 58.2 Å². The lowest BCUT2D eigenvalue weighted by Gasteiger charge is -2.24. The van der Waals surface area contributed by atoms with E-state index in [0.717, 1.165) is 5.56 Å². The van der Waals surface area contributed by atoms with Crippen molar-refractivity contribution >= 4 is 18.0 Å². The summed E-state index contributed by atoms with van der Waals surface area (Å²) in [5.74, 6) is -1.28. The van der Waals surface area contributed by atoms with Gasteiger partial charge in [0.2, 0.25) is 5.91 Å². The van der Waals surface area contributed by atoms with Gasteiger partial charge in [-0.15, -0.1) is 0 Å². The number of unbranched alkanes of at least 4 members (excludes halogenated alkanes) is 2. The van der Waals surface area contributed by atoms with E-state index in [1.807, 2.05) is 36.4 Å². The molecule has 0 aliphatic heterocycles. The van der Waals surface area contributed by atoms with E-state index in [0.29, 0.717) is 25.7 Å². The second kappa shape index (κ2) is 13.2. The molecule has 0 saturated carbocycles. The number of ether oxygens (including phenoxy) is 2. The Morgan fingerprint density at radius 2 is 1.79 bits per heavy atom. The Bertz CT molecular complexity index is 700. The van der Waals surface area contributed by atoms with E-state index in [1.54, 1.807) is 13.8 Å². The molecule has 1 aromatic rings. The van der Waals surface area contributed by atoms with Crippen molar-refractivity contribution in [1.29, 1.82) is 5.26 Å². The minimum atomic E-state index is -0.871. The van der Waals surface area contributed by atoms with Crippen LogP contribution in [0.1, 0.15) is 45.1 Å². The topological polar surface area (TPSA) is 118 Å². The zero-order valence-electron chi connectivity index (χ0n) is 17.1. The van der Waals surface area contributed by atoms with Crippen molar-refractivity contribution in [1.82, 2.24) is 10.6 Å². The van der Waals surface area contributed by atoms with Gasteiger partial charge in [-0.1, -0.05) is 44.2 Å². The molecule has 0 bridgehead atoms. The Labute approximate surface area is 171 Å². The van der Waals surface area contributed by atoms with E-state index in [9.17, 15) is 14.4 Å². The number of nitriles is 1. The highest BCUT2D eigenvalue weighted by atomic mass is 16.5. The first-order valence-corrected chi connectivity index (χ1v) is 9.61. The third-order valence-electron chi connectivity index (χ3n) is 4.27. The molecule has 0 heterocycles. The van der Waals surface area contributed by atoms with Crippen LogP contribution in [-0.2, 0) is 25.7 Å². The third-order valence-corrected chi connectivity index (χ3v) is 4.27. The molecule has 29 heavy (non-hydrogen) atoms. The van der Waals surface area contributed by atoms with E-state index in [-0.39, 0.29) is 12.5 Å². The number of esters is 1. The van der Waals surface area contributed by atoms with Gasteiger partial charge in [0.25, 0.3) is 0 Å². The van der Waals surface area contributed by atoms with Gasteiger partial charge in [0.05, 0.1) is 13.2 Å². The van der Waals surface area contributed by atoms with E-state index < -0.39 is 30.1 Å². The lowest BCUT2D eigenvalue weighted by atomic mass is 10.0. The van der Waals surface area contributed by atoms with Crippen molar-refractivity contribution < 1.29 is 23.9 Å². The Morgan fingerprint density at radius 3 is 2.38 bits per heavy atom. The van der Waals surface area contributed by atoms with Gasteiger partial charge in [0.15, 0.2) is 0 Å². The number of benzene rings is 1. The van der Waals surface area contributed by atoms with Gasteiger partial charge >= 0.3 is 12.1 Å².